The van der Waals surface area contributed by atoms with Gasteiger partial charge in [-0.3, -0.25) is 52.7 Å². The number of hydrogen-bond donors (Lipinski definition) is 10. The largest absolute Gasteiger partial charge is 0.356 e. The summed E-state index contributed by atoms with van der Waals surface area (Å²) in [5, 5.41) is 27.7. The van der Waals surface area contributed by atoms with Gasteiger partial charge >= 0.3 is 0 Å². The maximum Gasteiger partial charge on any atom is 0.246 e. The maximum absolute atomic E-state index is 14.2. The third-order valence-electron chi connectivity index (χ3n) is 13.5. The summed E-state index contributed by atoms with van der Waals surface area (Å²) in [7, 11) is 3.79. The second-order valence-electron chi connectivity index (χ2n) is 24.8. The third-order valence-corrected chi connectivity index (χ3v) is 13.5. The van der Waals surface area contributed by atoms with Gasteiger partial charge in [0.2, 0.25) is 65.0 Å². The molecule has 1 heterocycles. The fraction of sp³-hybridized carbons (Fsp3) is 0.807. The zero-order valence-electron chi connectivity index (χ0n) is 51.6. The Morgan fingerprint density at radius 3 is 1.54 bits per heavy atom. The summed E-state index contributed by atoms with van der Waals surface area (Å²) in [6.45, 7) is 26.7. The molecule has 10 N–H and O–H groups in total. The second-order valence-corrected chi connectivity index (χ2v) is 24.8. The Hall–Kier alpha value is -5.87. The summed E-state index contributed by atoms with van der Waals surface area (Å²) >= 11 is 0. The molecule has 0 aromatic carbocycles. The summed E-state index contributed by atoms with van der Waals surface area (Å²) in [5.41, 5.74) is -4.70. The molecule has 11 amide bonds. The lowest BCUT2D eigenvalue weighted by Gasteiger charge is -2.34. The van der Waals surface area contributed by atoms with E-state index in [4.69, 9.17) is 0 Å². The van der Waals surface area contributed by atoms with Gasteiger partial charge in [-0.1, -0.05) is 61.3 Å². The van der Waals surface area contributed by atoms with E-state index in [9.17, 15) is 52.7 Å². The van der Waals surface area contributed by atoms with Gasteiger partial charge in [-0.2, -0.15) is 0 Å². The highest BCUT2D eigenvalue weighted by molar-refractivity contribution is 6.00. The number of rotatable bonds is 36. The molecule has 80 heavy (non-hydrogen) atoms. The first-order valence-corrected chi connectivity index (χ1v) is 29.0. The van der Waals surface area contributed by atoms with Crippen molar-refractivity contribution in [2.24, 2.45) is 17.8 Å². The van der Waals surface area contributed by atoms with Gasteiger partial charge in [-0.05, 0) is 138 Å². The van der Waals surface area contributed by atoms with Crippen LogP contribution in [0.2, 0.25) is 0 Å². The average Bonchev–Trinajstić information content (AvgIpc) is 3.82. The number of carbonyl (C=O) groups excluding carboxylic acids is 11. The van der Waals surface area contributed by atoms with Crippen LogP contribution in [-0.2, 0) is 52.7 Å². The van der Waals surface area contributed by atoms with E-state index in [1.807, 2.05) is 74.4 Å². The van der Waals surface area contributed by atoms with Gasteiger partial charge in [0.25, 0.3) is 0 Å². The molecule has 23 nitrogen and oxygen atoms in total. The first-order valence-electron chi connectivity index (χ1n) is 29.0. The highest BCUT2D eigenvalue weighted by atomic mass is 16.2. The Kier molecular flexibility index (Phi) is 31.0. The lowest BCUT2D eigenvalue weighted by molar-refractivity contribution is -0.140. The van der Waals surface area contributed by atoms with Crippen LogP contribution in [0.4, 0.5) is 0 Å². The first kappa shape index (κ1) is 72.1. The summed E-state index contributed by atoms with van der Waals surface area (Å²) in [5.74, 6) is -6.08. The molecule has 0 aliphatic carbocycles. The van der Waals surface area contributed by atoms with E-state index < -0.39 is 94.1 Å². The van der Waals surface area contributed by atoms with Crippen LogP contribution in [-0.4, -0.2) is 168 Å². The van der Waals surface area contributed by atoms with Crippen molar-refractivity contribution >= 4 is 65.0 Å². The summed E-state index contributed by atoms with van der Waals surface area (Å²) in [4.78, 5) is 152. The van der Waals surface area contributed by atoms with Crippen molar-refractivity contribution in [3.8, 4) is 0 Å². The molecule has 458 valence electrons. The van der Waals surface area contributed by atoms with Gasteiger partial charge in [0.1, 0.15) is 46.8 Å². The molecule has 23 heteroatoms. The van der Waals surface area contributed by atoms with E-state index in [-0.39, 0.29) is 80.2 Å². The highest BCUT2D eigenvalue weighted by Gasteiger charge is 2.41. The fourth-order valence-electron chi connectivity index (χ4n) is 9.13. The Labute approximate surface area is 477 Å². The van der Waals surface area contributed by atoms with Crippen molar-refractivity contribution in [2.75, 3.05) is 40.3 Å². The minimum absolute atomic E-state index is 0.0238. The Balaban J connectivity index is 3.25. The minimum atomic E-state index is -1.66. The number of carbonyl (C=O) groups is 11. The van der Waals surface area contributed by atoms with Crippen molar-refractivity contribution in [2.45, 2.75) is 240 Å². The second kappa shape index (κ2) is 34.4. The van der Waals surface area contributed by atoms with Gasteiger partial charge in [0, 0.05) is 52.0 Å². The Bertz CT molecular complexity index is 2090. The van der Waals surface area contributed by atoms with Crippen molar-refractivity contribution in [1.82, 2.24) is 63.0 Å². The topological polar surface area (TPSA) is 315 Å². The SMILES string of the molecule is CCCCCC(=O)N1CCC[C@H]1C(=O)NC(CCCCNC(C)=O)C(=O)NC(CC(C)C)C(=O)NC(C)(C)C(=O)NC(CC(C)C)C(=O)NC(CC(C)C)C(=O)NC(C)(C)C(=O)NC(C)(C)C(=O)NCCC(=O)NC(C)CN(C)C. The fourth-order valence-corrected chi connectivity index (χ4v) is 9.13. The smallest absolute Gasteiger partial charge is 0.246 e. The number of amides is 11. The lowest BCUT2D eigenvalue weighted by Crippen LogP contribution is -2.65. The van der Waals surface area contributed by atoms with E-state index in [2.05, 4.69) is 53.2 Å². The van der Waals surface area contributed by atoms with Crippen LogP contribution in [0.3, 0.4) is 0 Å². The van der Waals surface area contributed by atoms with Gasteiger partial charge < -0.3 is 63.0 Å². The number of unbranched alkanes of at least 4 members (excludes halogenated alkanes) is 3. The predicted molar refractivity (Wildman–Crippen MR) is 308 cm³/mol. The average molecular weight is 1130 g/mol. The predicted octanol–water partition coefficient (Wildman–Crippen LogP) is 2.20. The molecule has 0 saturated carbocycles. The number of likely N-dealkylation sites (tertiary alicyclic amines) is 1. The number of hydrogen-bond acceptors (Lipinski definition) is 12. The van der Waals surface area contributed by atoms with Crippen LogP contribution in [0.1, 0.15) is 187 Å². The molecule has 1 fully saturated rings. The van der Waals surface area contributed by atoms with Gasteiger partial charge in [0.15, 0.2) is 0 Å². The zero-order chi connectivity index (χ0) is 61.3. The van der Waals surface area contributed by atoms with Crippen LogP contribution in [0.15, 0.2) is 0 Å². The van der Waals surface area contributed by atoms with Crippen molar-refractivity contribution < 1.29 is 52.7 Å². The normalized spacial score (nSPS) is 15.7. The van der Waals surface area contributed by atoms with E-state index in [0.29, 0.717) is 58.2 Å². The van der Waals surface area contributed by atoms with Gasteiger partial charge in [0.05, 0.1) is 0 Å². The lowest BCUT2D eigenvalue weighted by atomic mass is 9.96. The molecule has 1 saturated heterocycles. The first-order chi connectivity index (χ1) is 37.0. The standard InChI is InChI=1S/C57H104N12O11/c1-18-19-20-26-46(72)69-30-23-25-44(69)51(77)61-40(24-21-22-28-58-39(9)70)47(73)62-42(32-36(4)5)49(75)65-56(12,13)53(79)64-41(31-35(2)3)48(74)63-43(33-37(6)7)50(76)66-57(14,15)54(80)67-55(10,11)52(78)59-29-27-45(71)60-38(8)34-68(16)17/h35-38,40-44H,18-34H2,1-17H3,(H,58,70)(H,59,78)(H,60,71)(H,61,77)(H,62,73)(H,63,74)(H,64,79)(H,65,75)(H,66,76)(H,67,80)/t38?,40?,41?,42?,43?,44-/m0/s1. The van der Waals surface area contributed by atoms with E-state index in [0.717, 1.165) is 12.8 Å². The number of nitrogens with one attached hydrogen (secondary N) is 10. The highest BCUT2D eigenvalue weighted by Crippen LogP contribution is 2.21. The Morgan fingerprint density at radius 1 is 0.537 bits per heavy atom. The molecule has 6 atom stereocenters. The minimum Gasteiger partial charge on any atom is -0.356 e. The monoisotopic (exact) mass is 1130 g/mol. The van der Waals surface area contributed by atoms with E-state index in [1.165, 1.54) is 48.5 Å². The van der Waals surface area contributed by atoms with Gasteiger partial charge in [-0.25, -0.2) is 0 Å². The van der Waals surface area contributed by atoms with Crippen molar-refractivity contribution in [1.29, 1.82) is 0 Å². The van der Waals surface area contributed by atoms with Crippen LogP contribution in [0.25, 0.3) is 0 Å². The molecule has 0 spiro atoms. The maximum atomic E-state index is 14.2. The molecule has 0 bridgehead atoms. The molecule has 1 aliphatic rings. The number of nitrogens with zero attached hydrogens (tertiary/aromatic N) is 2. The van der Waals surface area contributed by atoms with E-state index in [1.54, 1.807) is 4.90 Å². The van der Waals surface area contributed by atoms with Gasteiger partial charge in [-0.15, -0.1) is 0 Å². The Morgan fingerprint density at radius 2 is 1.04 bits per heavy atom. The van der Waals surface area contributed by atoms with Crippen LogP contribution in [0, 0.1) is 17.8 Å². The zero-order valence-corrected chi connectivity index (χ0v) is 51.6. The van der Waals surface area contributed by atoms with Crippen LogP contribution >= 0.6 is 0 Å². The molecule has 5 unspecified atom stereocenters. The molecule has 1 rings (SSSR count). The molecule has 0 aromatic heterocycles. The summed E-state index contributed by atoms with van der Waals surface area (Å²) in [6, 6.07) is -5.46. The third kappa shape index (κ3) is 27.1. The summed E-state index contributed by atoms with van der Waals surface area (Å²) in [6.07, 6.45) is 5.52. The van der Waals surface area contributed by atoms with E-state index >= 15 is 0 Å². The molecular weight excluding hydrogens is 1030 g/mol. The number of likely N-dealkylation sites (N-methyl/N-ethyl adjacent to an activating group) is 1. The summed E-state index contributed by atoms with van der Waals surface area (Å²) < 4.78 is 0. The molecular formula is C57H104N12O11. The molecule has 0 radical (unpaired) electrons. The van der Waals surface area contributed by atoms with Crippen LogP contribution < -0.4 is 53.2 Å². The van der Waals surface area contributed by atoms with Crippen LogP contribution in [0.5, 0.6) is 0 Å². The quantitative estimate of drug-likeness (QED) is 0.0404. The molecule has 0 aromatic rings. The van der Waals surface area contributed by atoms with Crippen molar-refractivity contribution in [3.63, 3.8) is 0 Å². The van der Waals surface area contributed by atoms with Crippen molar-refractivity contribution in [3.05, 3.63) is 0 Å². The molecule has 1 aliphatic heterocycles.